The number of carbonyl (C=O) groups is 2. The van der Waals surface area contributed by atoms with Crippen molar-refractivity contribution in [1.82, 2.24) is 10.2 Å². The van der Waals surface area contributed by atoms with Gasteiger partial charge in [-0.15, -0.1) is 0 Å². The zero-order valence-corrected chi connectivity index (χ0v) is 25.3. The van der Waals surface area contributed by atoms with Crippen LogP contribution in [0, 0.1) is 0 Å². The Balaban J connectivity index is 2.10. The van der Waals surface area contributed by atoms with Crippen molar-refractivity contribution in [1.29, 1.82) is 0 Å². The monoisotopic (exact) mass is 581 g/mol. The Morgan fingerprint density at radius 3 is 1.98 bits per heavy atom. The van der Waals surface area contributed by atoms with Crippen molar-refractivity contribution in [3.63, 3.8) is 0 Å². The van der Waals surface area contributed by atoms with E-state index < -0.39 is 34.1 Å². The molecule has 0 saturated carbocycles. The number of hydrogen-bond acceptors (Lipinski definition) is 6. The van der Waals surface area contributed by atoms with Crippen LogP contribution in [-0.4, -0.2) is 63.7 Å². The molecule has 0 radical (unpaired) electrons. The Morgan fingerprint density at radius 1 is 0.878 bits per heavy atom. The first-order valence-corrected chi connectivity index (χ1v) is 15.1. The van der Waals surface area contributed by atoms with Gasteiger partial charge in [0.2, 0.25) is 21.8 Å². The van der Waals surface area contributed by atoms with E-state index in [0.29, 0.717) is 5.75 Å². The number of anilines is 1. The van der Waals surface area contributed by atoms with Crippen LogP contribution < -0.4 is 19.1 Å². The summed E-state index contributed by atoms with van der Waals surface area (Å²) in [7, 11) is -1.08. The second-order valence-corrected chi connectivity index (χ2v) is 12.7. The molecule has 220 valence electrons. The van der Waals surface area contributed by atoms with Gasteiger partial charge in [-0.2, -0.15) is 0 Å². The van der Waals surface area contributed by atoms with Crippen LogP contribution in [0.5, 0.6) is 11.5 Å². The van der Waals surface area contributed by atoms with Gasteiger partial charge in [-0.3, -0.25) is 13.9 Å². The summed E-state index contributed by atoms with van der Waals surface area (Å²) in [5, 5.41) is 3.01. The molecular formula is C31H39N3O6S. The van der Waals surface area contributed by atoms with Crippen molar-refractivity contribution >= 4 is 27.5 Å². The fraction of sp³-hybridized carbons (Fsp3) is 0.355. The number of nitrogens with zero attached hydrogens (tertiary/aromatic N) is 2. The van der Waals surface area contributed by atoms with Gasteiger partial charge in [-0.25, -0.2) is 8.42 Å². The van der Waals surface area contributed by atoms with Crippen molar-refractivity contribution in [2.45, 2.75) is 45.3 Å². The first-order chi connectivity index (χ1) is 19.3. The molecule has 3 rings (SSSR count). The van der Waals surface area contributed by atoms with E-state index in [1.54, 1.807) is 12.1 Å². The number of benzene rings is 3. The maximum atomic E-state index is 14.2. The van der Waals surface area contributed by atoms with Gasteiger partial charge in [0.25, 0.3) is 0 Å². The van der Waals surface area contributed by atoms with Gasteiger partial charge in [-0.1, -0.05) is 60.7 Å². The molecule has 2 amide bonds. The minimum atomic E-state index is -3.96. The molecule has 9 nitrogen and oxygen atoms in total. The molecule has 0 heterocycles. The quantitative estimate of drug-likeness (QED) is 0.346. The lowest BCUT2D eigenvalue weighted by Gasteiger charge is -2.35. The molecule has 0 aliphatic rings. The first-order valence-electron chi connectivity index (χ1n) is 13.2. The van der Waals surface area contributed by atoms with Gasteiger partial charge in [0, 0.05) is 24.6 Å². The minimum Gasteiger partial charge on any atom is -0.497 e. The zero-order chi connectivity index (χ0) is 30.2. The Morgan fingerprint density at radius 2 is 1.46 bits per heavy atom. The van der Waals surface area contributed by atoms with Crippen LogP contribution in [0.1, 0.15) is 31.9 Å². The Labute approximate surface area is 243 Å². The summed E-state index contributed by atoms with van der Waals surface area (Å²) >= 11 is 0. The third kappa shape index (κ3) is 8.97. The van der Waals surface area contributed by atoms with E-state index >= 15 is 0 Å². The second-order valence-electron chi connectivity index (χ2n) is 10.8. The standard InChI is InChI=1S/C31H39N3O6S/c1-31(2,3)32-30(36)27(19-23-13-9-7-10-14-23)33(21-24-15-11-8-12-16-24)29(35)22-34(41(6,37)38)26-20-25(39-4)17-18-28(26)40-5/h7-18,20,27H,19,21-22H2,1-6H3,(H,32,36). The molecule has 0 fully saturated rings. The van der Waals surface area contributed by atoms with E-state index in [-0.39, 0.29) is 30.3 Å². The van der Waals surface area contributed by atoms with Gasteiger partial charge in [-0.05, 0) is 44.0 Å². The van der Waals surface area contributed by atoms with Crippen molar-refractivity contribution < 1.29 is 27.5 Å². The van der Waals surface area contributed by atoms with Crippen LogP contribution in [0.2, 0.25) is 0 Å². The van der Waals surface area contributed by atoms with Crippen LogP contribution in [-0.2, 0) is 32.6 Å². The van der Waals surface area contributed by atoms with Crippen LogP contribution in [0.3, 0.4) is 0 Å². The van der Waals surface area contributed by atoms with Gasteiger partial charge in [0.1, 0.15) is 24.1 Å². The predicted molar refractivity (Wildman–Crippen MR) is 161 cm³/mol. The third-order valence-electron chi connectivity index (χ3n) is 6.30. The van der Waals surface area contributed by atoms with Crippen LogP contribution in [0.25, 0.3) is 0 Å². The highest BCUT2D eigenvalue weighted by Gasteiger charge is 2.35. The van der Waals surface area contributed by atoms with Crippen molar-refractivity contribution in [2.24, 2.45) is 0 Å². The number of carbonyl (C=O) groups excluding carboxylic acids is 2. The summed E-state index contributed by atoms with van der Waals surface area (Å²) in [5.74, 6) is -0.232. The number of hydrogen-bond donors (Lipinski definition) is 1. The minimum absolute atomic E-state index is 0.0988. The molecule has 1 N–H and O–H groups in total. The molecule has 1 atom stereocenters. The summed E-state index contributed by atoms with van der Waals surface area (Å²) in [6.07, 6.45) is 1.26. The molecule has 3 aromatic carbocycles. The number of methoxy groups -OCH3 is 2. The maximum Gasteiger partial charge on any atom is 0.244 e. The maximum absolute atomic E-state index is 14.2. The van der Waals surface area contributed by atoms with Crippen molar-refractivity contribution in [2.75, 3.05) is 31.3 Å². The summed E-state index contributed by atoms with van der Waals surface area (Å²) in [6, 6.07) is 22.5. The normalized spacial score (nSPS) is 12.2. The van der Waals surface area contributed by atoms with Crippen molar-refractivity contribution in [3.8, 4) is 11.5 Å². The summed E-state index contributed by atoms with van der Waals surface area (Å²) < 4.78 is 37.9. The average molecular weight is 582 g/mol. The number of amides is 2. The predicted octanol–water partition coefficient (Wildman–Crippen LogP) is 4.02. The van der Waals surface area contributed by atoms with Gasteiger partial charge in [0.15, 0.2) is 0 Å². The highest BCUT2D eigenvalue weighted by molar-refractivity contribution is 7.92. The van der Waals surface area contributed by atoms with Gasteiger partial charge < -0.3 is 19.7 Å². The highest BCUT2D eigenvalue weighted by atomic mass is 32.2. The van der Waals surface area contributed by atoms with E-state index in [4.69, 9.17) is 9.47 Å². The largest absolute Gasteiger partial charge is 0.497 e. The molecule has 10 heteroatoms. The van der Waals surface area contributed by atoms with Crippen LogP contribution >= 0.6 is 0 Å². The molecule has 3 aromatic rings. The van der Waals surface area contributed by atoms with E-state index in [1.807, 2.05) is 81.4 Å². The van der Waals surface area contributed by atoms with Crippen LogP contribution in [0.4, 0.5) is 5.69 Å². The smallest absolute Gasteiger partial charge is 0.244 e. The van der Waals surface area contributed by atoms with E-state index in [0.717, 1.165) is 21.7 Å². The summed E-state index contributed by atoms with van der Waals surface area (Å²) in [4.78, 5) is 29.4. The molecule has 41 heavy (non-hydrogen) atoms. The molecule has 0 saturated heterocycles. The molecule has 0 bridgehead atoms. The SMILES string of the molecule is COc1ccc(OC)c(N(CC(=O)N(Cc2ccccc2)C(Cc2ccccc2)C(=O)NC(C)(C)C)S(C)(=O)=O)c1. The fourth-order valence-corrected chi connectivity index (χ4v) is 5.22. The molecule has 0 spiro atoms. The zero-order valence-electron chi connectivity index (χ0n) is 24.5. The fourth-order valence-electron chi connectivity index (χ4n) is 4.37. The first kappa shape index (κ1) is 31.5. The summed E-state index contributed by atoms with van der Waals surface area (Å²) in [5.41, 5.74) is 1.26. The van der Waals surface area contributed by atoms with Gasteiger partial charge in [0.05, 0.1) is 26.2 Å². The molecular weight excluding hydrogens is 542 g/mol. The lowest BCUT2D eigenvalue weighted by atomic mass is 10.0. The summed E-state index contributed by atoms with van der Waals surface area (Å²) in [6.45, 7) is 5.15. The number of nitrogens with one attached hydrogen (secondary N) is 1. The molecule has 1 unspecified atom stereocenters. The Hall–Kier alpha value is -4.05. The highest BCUT2D eigenvalue weighted by Crippen LogP contribution is 2.34. The number of rotatable bonds is 12. The van der Waals surface area contributed by atoms with Crippen molar-refractivity contribution in [3.05, 3.63) is 90.0 Å². The number of sulfonamides is 1. The Bertz CT molecular complexity index is 1420. The topological polar surface area (TPSA) is 105 Å². The molecule has 0 aliphatic carbocycles. The number of ether oxygens (including phenoxy) is 2. The molecule has 0 aromatic heterocycles. The lowest BCUT2D eigenvalue weighted by molar-refractivity contribution is -0.140. The lowest BCUT2D eigenvalue weighted by Crippen LogP contribution is -2.56. The van der Waals surface area contributed by atoms with E-state index in [1.165, 1.54) is 25.2 Å². The third-order valence-corrected chi connectivity index (χ3v) is 7.43. The van der Waals surface area contributed by atoms with Gasteiger partial charge >= 0.3 is 0 Å². The van der Waals surface area contributed by atoms with E-state index in [2.05, 4.69) is 5.32 Å². The average Bonchev–Trinajstić information content (AvgIpc) is 2.92. The van der Waals surface area contributed by atoms with Crippen LogP contribution in [0.15, 0.2) is 78.9 Å². The van der Waals surface area contributed by atoms with E-state index in [9.17, 15) is 18.0 Å². The molecule has 0 aliphatic heterocycles. The second kappa shape index (κ2) is 13.5. The Kier molecular flexibility index (Phi) is 10.4.